The summed E-state index contributed by atoms with van der Waals surface area (Å²) in [5.41, 5.74) is 1.25. The van der Waals surface area contributed by atoms with Gasteiger partial charge in [-0.05, 0) is 23.8 Å². The van der Waals surface area contributed by atoms with E-state index in [1.54, 1.807) is 0 Å². The molecular weight excluding hydrogens is 270 g/mol. The predicted octanol–water partition coefficient (Wildman–Crippen LogP) is 4.34. The molecule has 0 saturated carbocycles. The van der Waals surface area contributed by atoms with E-state index >= 15 is 0 Å². The van der Waals surface area contributed by atoms with Crippen molar-refractivity contribution < 1.29 is 4.79 Å². The number of hydrogen-bond acceptors (Lipinski definition) is 1. The number of benzene rings is 1. The third kappa shape index (κ3) is 5.96. The molecule has 0 bridgehead atoms. The van der Waals surface area contributed by atoms with Gasteiger partial charge in [0.05, 0.1) is 11.3 Å². The van der Waals surface area contributed by atoms with Gasteiger partial charge in [0.2, 0.25) is 5.91 Å². The highest BCUT2D eigenvalue weighted by atomic mass is 35.5. The van der Waals surface area contributed by atoms with E-state index in [-0.39, 0.29) is 22.6 Å². The fourth-order valence-corrected chi connectivity index (χ4v) is 2.87. The van der Waals surface area contributed by atoms with Crippen LogP contribution in [0.3, 0.4) is 0 Å². The van der Waals surface area contributed by atoms with Gasteiger partial charge < -0.3 is 5.32 Å². The standard InChI is InChI=1S/C17H26ClNO/c1-5-15(13-9-7-6-8-10-13)16(20)19-12-14(18)11-17(2,3)4/h6-10,14-15H,5,11-12H2,1-4H3,(H,19,20). The zero-order valence-corrected chi connectivity index (χ0v) is 13.7. The molecule has 1 N–H and O–H groups in total. The number of amides is 1. The van der Waals surface area contributed by atoms with Crippen LogP contribution < -0.4 is 5.32 Å². The van der Waals surface area contributed by atoms with E-state index in [0.29, 0.717) is 6.54 Å². The van der Waals surface area contributed by atoms with Crippen LogP contribution in [-0.2, 0) is 4.79 Å². The summed E-state index contributed by atoms with van der Waals surface area (Å²) in [6, 6.07) is 9.90. The van der Waals surface area contributed by atoms with E-state index in [2.05, 4.69) is 26.1 Å². The van der Waals surface area contributed by atoms with Crippen molar-refractivity contribution in [1.29, 1.82) is 0 Å². The highest BCUT2D eigenvalue weighted by Crippen LogP contribution is 2.24. The zero-order chi connectivity index (χ0) is 15.2. The topological polar surface area (TPSA) is 29.1 Å². The van der Waals surface area contributed by atoms with E-state index in [0.717, 1.165) is 18.4 Å². The second-order valence-corrected chi connectivity index (χ2v) is 7.10. The van der Waals surface area contributed by atoms with Crippen molar-refractivity contribution >= 4 is 17.5 Å². The minimum absolute atomic E-state index is 0.0211. The number of nitrogens with one attached hydrogen (secondary N) is 1. The summed E-state index contributed by atoms with van der Waals surface area (Å²) in [7, 11) is 0. The van der Waals surface area contributed by atoms with Crippen molar-refractivity contribution in [2.75, 3.05) is 6.54 Å². The number of alkyl halides is 1. The number of rotatable bonds is 6. The van der Waals surface area contributed by atoms with E-state index in [9.17, 15) is 4.79 Å². The number of carbonyl (C=O) groups is 1. The molecule has 3 heteroatoms. The maximum absolute atomic E-state index is 12.3. The first-order chi connectivity index (χ1) is 9.33. The van der Waals surface area contributed by atoms with Gasteiger partial charge in [-0.15, -0.1) is 11.6 Å². The molecular formula is C17H26ClNO. The number of hydrogen-bond donors (Lipinski definition) is 1. The maximum Gasteiger partial charge on any atom is 0.227 e. The van der Waals surface area contributed by atoms with Crippen LogP contribution >= 0.6 is 11.6 Å². The van der Waals surface area contributed by atoms with Crippen molar-refractivity contribution in [3.8, 4) is 0 Å². The van der Waals surface area contributed by atoms with Crippen LogP contribution in [0, 0.1) is 5.41 Å². The maximum atomic E-state index is 12.3. The molecule has 0 radical (unpaired) electrons. The minimum Gasteiger partial charge on any atom is -0.354 e. The molecule has 2 nitrogen and oxygen atoms in total. The lowest BCUT2D eigenvalue weighted by Gasteiger charge is -2.23. The van der Waals surface area contributed by atoms with Crippen molar-refractivity contribution in [1.82, 2.24) is 5.32 Å². The molecule has 0 saturated heterocycles. The summed E-state index contributed by atoms with van der Waals surface area (Å²) in [6.07, 6.45) is 1.68. The predicted molar refractivity (Wildman–Crippen MR) is 86.2 cm³/mol. The fraction of sp³-hybridized carbons (Fsp3) is 0.588. The Labute approximate surface area is 127 Å². The van der Waals surface area contributed by atoms with Gasteiger partial charge in [0, 0.05) is 6.54 Å². The molecule has 0 aromatic heterocycles. The summed E-state index contributed by atoms with van der Waals surface area (Å²) >= 11 is 6.29. The van der Waals surface area contributed by atoms with Crippen LogP contribution in [0.15, 0.2) is 30.3 Å². The Balaban J connectivity index is 2.53. The highest BCUT2D eigenvalue weighted by Gasteiger charge is 2.21. The lowest BCUT2D eigenvalue weighted by Crippen LogP contribution is -2.34. The van der Waals surface area contributed by atoms with Crippen LogP contribution in [0.5, 0.6) is 0 Å². The van der Waals surface area contributed by atoms with Crippen LogP contribution in [0.2, 0.25) is 0 Å². The average Bonchev–Trinajstić information content (AvgIpc) is 2.36. The van der Waals surface area contributed by atoms with Gasteiger partial charge in [0.25, 0.3) is 0 Å². The molecule has 0 spiro atoms. The Morgan fingerprint density at radius 3 is 2.35 bits per heavy atom. The van der Waals surface area contributed by atoms with E-state index in [4.69, 9.17) is 11.6 Å². The van der Waals surface area contributed by atoms with Gasteiger partial charge in [0.15, 0.2) is 0 Å². The monoisotopic (exact) mass is 295 g/mol. The van der Waals surface area contributed by atoms with Gasteiger partial charge in [-0.3, -0.25) is 4.79 Å². The second kappa shape index (κ2) is 7.68. The average molecular weight is 296 g/mol. The summed E-state index contributed by atoms with van der Waals surface area (Å²) in [5, 5.41) is 2.96. The summed E-state index contributed by atoms with van der Waals surface area (Å²) in [5.74, 6) is -0.0204. The Bertz CT molecular complexity index is 411. The van der Waals surface area contributed by atoms with Crippen molar-refractivity contribution in [2.45, 2.75) is 51.8 Å². The van der Waals surface area contributed by atoms with Crippen molar-refractivity contribution in [3.63, 3.8) is 0 Å². The molecule has 0 aliphatic rings. The van der Waals surface area contributed by atoms with Gasteiger partial charge in [0.1, 0.15) is 0 Å². The van der Waals surface area contributed by atoms with Gasteiger partial charge in [-0.25, -0.2) is 0 Å². The van der Waals surface area contributed by atoms with Gasteiger partial charge >= 0.3 is 0 Å². The molecule has 0 aliphatic heterocycles. The number of carbonyl (C=O) groups excluding carboxylic acids is 1. The summed E-state index contributed by atoms with van der Waals surface area (Å²) < 4.78 is 0. The van der Waals surface area contributed by atoms with E-state index < -0.39 is 0 Å². The molecule has 2 unspecified atom stereocenters. The largest absolute Gasteiger partial charge is 0.354 e. The Hall–Kier alpha value is -1.02. The smallest absolute Gasteiger partial charge is 0.227 e. The second-order valence-electron chi connectivity index (χ2n) is 6.48. The van der Waals surface area contributed by atoms with Crippen molar-refractivity contribution in [2.24, 2.45) is 5.41 Å². The Morgan fingerprint density at radius 2 is 1.85 bits per heavy atom. The first-order valence-electron chi connectivity index (χ1n) is 7.30. The summed E-state index contributed by atoms with van der Waals surface area (Å²) in [4.78, 5) is 12.3. The van der Waals surface area contributed by atoms with Gasteiger partial charge in [-0.2, -0.15) is 0 Å². The molecule has 1 aromatic rings. The molecule has 20 heavy (non-hydrogen) atoms. The molecule has 1 amide bonds. The SMILES string of the molecule is CCC(C(=O)NCC(Cl)CC(C)(C)C)c1ccccc1. The van der Waals surface area contributed by atoms with Crippen LogP contribution in [0.25, 0.3) is 0 Å². The van der Waals surface area contributed by atoms with Crippen LogP contribution in [0.1, 0.15) is 52.0 Å². The molecule has 1 rings (SSSR count). The van der Waals surface area contributed by atoms with Crippen LogP contribution in [-0.4, -0.2) is 17.8 Å². The Kier molecular flexibility index (Phi) is 6.54. The van der Waals surface area contributed by atoms with E-state index in [1.807, 2.05) is 37.3 Å². The number of halogens is 1. The minimum atomic E-state index is -0.0882. The van der Waals surface area contributed by atoms with Gasteiger partial charge in [-0.1, -0.05) is 58.0 Å². The first kappa shape index (κ1) is 17.0. The quantitative estimate of drug-likeness (QED) is 0.777. The third-order valence-corrected chi connectivity index (χ3v) is 3.57. The first-order valence-corrected chi connectivity index (χ1v) is 7.74. The molecule has 1 aromatic carbocycles. The van der Waals surface area contributed by atoms with Crippen LogP contribution in [0.4, 0.5) is 0 Å². The van der Waals surface area contributed by atoms with E-state index in [1.165, 1.54) is 0 Å². The highest BCUT2D eigenvalue weighted by molar-refractivity contribution is 6.20. The lowest BCUT2D eigenvalue weighted by molar-refractivity contribution is -0.122. The lowest BCUT2D eigenvalue weighted by atomic mass is 9.90. The third-order valence-electron chi connectivity index (χ3n) is 3.26. The molecule has 0 heterocycles. The molecule has 0 aliphatic carbocycles. The van der Waals surface area contributed by atoms with Crippen molar-refractivity contribution in [3.05, 3.63) is 35.9 Å². The Morgan fingerprint density at radius 1 is 1.25 bits per heavy atom. The zero-order valence-electron chi connectivity index (χ0n) is 12.9. The molecule has 2 atom stereocenters. The fourth-order valence-electron chi connectivity index (χ4n) is 2.33. The molecule has 112 valence electrons. The molecule has 0 fully saturated rings. The normalized spacial score (nSPS) is 14.7. The summed E-state index contributed by atoms with van der Waals surface area (Å²) in [6.45, 7) is 9.03.